The SMILES string of the molecule is Cc1cccc(Oc2nc(N3CCCCC3)nc3c2CN(C(=O)c2c(F)cccc2F)CC3)c1. The van der Waals surface area contributed by atoms with Gasteiger partial charge in [0.1, 0.15) is 22.9 Å². The molecule has 1 fully saturated rings. The second kappa shape index (κ2) is 9.37. The molecule has 34 heavy (non-hydrogen) atoms. The van der Waals surface area contributed by atoms with Gasteiger partial charge < -0.3 is 14.5 Å². The number of hydrogen-bond donors (Lipinski definition) is 0. The Morgan fingerprint density at radius 2 is 1.71 bits per heavy atom. The molecule has 2 aromatic carbocycles. The molecular formula is C26H26F2N4O2. The monoisotopic (exact) mass is 464 g/mol. The number of ether oxygens (including phenoxy) is 1. The lowest BCUT2D eigenvalue weighted by atomic mass is 10.0. The standard InChI is InChI=1S/C26H26F2N4O2/c1-17-7-5-8-18(15-17)34-24-19-16-32(25(33)23-20(27)9-6-10-21(23)28)14-11-22(19)29-26(30-24)31-12-3-2-4-13-31/h5-10,15H,2-4,11-14,16H2,1H3. The van der Waals surface area contributed by atoms with Crippen molar-refractivity contribution in [2.24, 2.45) is 0 Å². The third-order valence-electron chi connectivity index (χ3n) is 6.32. The van der Waals surface area contributed by atoms with Gasteiger partial charge in [0.05, 0.1) is 17.8 Å². The van der Waals surface area contributed by atoms with E-state index in [1.165, 1.54) is 17.4 Å². The molecule has 0 spiro atoms. The Hall–Kier alpha value is -3.55. The van der Waals surface area contributed by atoms with Crippen LogP contribution < -0.4 is 9.64 Å². The van der Waals surface area contributed by atoms with Gasteiger partial charge in [0.15, 0.2) is 0 Å². The van der Waals surface area contributed by atoms with E-state index in [0.29, 0.717) is 36.1 Å². The van der Waals surface area contributed by atoms with E-state index >= 15 is 0 Å². The average Bonchev–Trinajstić information content (AvgIpc) is 2.84. The summed E-state index contributed by atoms with van der Waals surface area (Å²) in [5, 5.41) is 0. The number of fused-ring (bicyclic) bond motifs is 1. The van der Waals surface area contributed by atoms with Crippen LogP contribution in [0.25, 0.3) is 0 Å². The topological polar surface area (TPSA) is 58.6 Å². The van der Waals surface area contributed by atoms with Crippen molar-refractivity contribution in [2.75, 3.05) is 24.5 Å². The maximum atomic E-state index is 14.3. The Morgan fingerprint density at radius 3 is 2.44 bits per heavy atom. The molecule has 176 valence electrons. The lowest BCUT2D eigenvalue weighted by Gasteiger charge is -2.32. The molecule has 0 unspecified atom stereocenters. The van der Waals surface area contributed by atoms with Crippen LogP contribution in [-0.4, -0.2) is 40.4 Å². The molecule has 2 aliphatic rings. The Kier molecular flexibility index (Phi) is 6.13. The Balaban J connectivity index is 1.51. The fraction of sp³-hybridized carbons (Fsp3) is 0.346. The minimum absolute atomic E-state index is 0.114. The van der Waals surface area contributed by atoms with Gasteiger partial charge in [0.25, 0.3) is 5.91 Å². The molecule has 5 rings (SSSR count). The number of benzene rings is 2. The highest BCUT2D eigenvalue weighted by molar-refractivity contribution is 5.95. The predicted molar refractivity (Wildman–Crippen MR) is 124 cm³/mol. The molecule has 0 saturated carbocycles. The van der Waals surface area contributed by atoms with Gasteiger partial charge in [-0.05, 0) is 56.0 Å². The molecule has 8 heteroatoms. The first-order valence-corrected chi connectivity index (χ1v) is 11.6. The summed E-state index contributed by atoms with van der Waals surface area (Å²) in [6.07, 6.45) is 3.82. The molecule has 1 saturated heterocycles. The number of hydrogen-bond acceptors (Lipinski definition) is 5. The Morgan fingerprint density at radius 1 is 0.971 bits per heavy atom. The molecule has 0 N–H and O–H groups in total. The molecule has 0 aliphatic carbocycles. The van der Waals surface area contributed by atoms with Gasteiger partial charge in [0, 0.05) is 26.1 Å². The van der Waals surface area contributed by atoms with Gasteiger partial charge in [-0.25, -0.2) is 13.8 Å². The molecule has 1 amide bonds. The molecule has 0 bridgehead atoms. The van der Waals surface area contributed by atoms with Gasteiger partial charge in [-0.3, -0.25) is 4.79 Å². The Labute approximate surface area is 197 Å². The van der Waals surface area contributed by atoms with Gasteiger partial charge >= 0.3 is 0 Å². The van der Waals surface area contributed by atoms with Gasteiger partial charge in [0.2, 0.25) is 11.8 Å². The van der Waals surface area contributed by atoms with E-state index in [1.807, 2.05) is 31.2 Å². The van der Waals surface area contributed by atoms with E-state index in [4.69, 9.17) is 14.7 Å². The van der Waals surface area contributed by atoms with E-state index in [-0.39, 0.29) is 6.54 Å². The highest BCUT2D eigenvalue weighted by Crippen LogP contribution is 2.33. The zero-order chi connectivity index (χ0) is 23.7. The fourth-order valence-electron chi connectivity index (χ4n) is 4.52. The van der Waals surface area contributed by atoms with Crippen LogP contribution in [-0.2, 0) is 13.0 Å². The third-order valence-corrected chi connectivity index (χ3v) is 6.32. The number of rotatable bonds is 4. The molecule has 0 radical (unpaired) electrons. The number of anilines is 1. The van der Waals surface area contributed by atoms with Crippen LogP contribution in [0.15, 0.2) is 42.5 Å². The zero-order valence-corrected chi connectivity index (χ0v) is 19.1. The average molecular weight is 465 g/mol. The predicted octanol–water partition coefficient (Wildman–Crippen LogP) is 5.04. The summed E-state index contributed by atoms with van der Waals surface area (Å²) < 4.78 is 34.8. The van der Waals surface area contributed by atoms with Crippen molar-refractivity contribution >= 4 is 11.9 Å². The minimum atomic E-state index is -0.872. The van der Waals surface area contributed by atoms with Crippen molar-refractivity contribution in [3.8, 4) is 11.6 Å². The molecule has 2 aliphatic heterocycles. The van der Waals surface area contributed by atoms with Crippen molar-refractivity contribution < 1.29 is 18.3 Å². The van der Waals surface area contributed by atoms with Crippen LogP contribution in [0, 0.1) is 18.6 Å². The second-order valence-electron chi connectivity index (χ2n) is 8.79. The van der Waals surface area contributed by atoms with E-state index in [1.54, 1.807) is 0 Å². The van der Waals surface area contributed by atoms with Crippen molar-refractivity contribution in [1.29, 1.82) is 0 Å². The Bertz CT molecular complexity index is 1210. The van der Waals surface area contributed by atoms with Crippen LogP contribution in [0.1, 0.15) is 46.4 Å². The zero-order valence-electron chi connectivity index (χ0n) is 19.1. The van der Waals surface area contributed by atoms with Gasteiger partial charge in [-0.1, -0.05) is 18.2 Å². The fourth-order valence-corrected chi connectivity index (χ4v) is 4.52. The normalized spacial score (nSPS) is 15.7. The number of nitrogens with zero attached hydrogens (tertiary/aromatic N) is 4. The number of carbonyl (C=O) groups is 1. The van der Waals surface area contributed by atoms with Crippen LogP contribution in [0.3, 0.4) is 0 Å². The summed E-state index contributed by atoms with van der Waals surface area (Å²) in [6.45, 7) is 4.17. The molecule has 0 atom stereocenters. The molecule has 3 aromatic rings. The quantitative estimate of drug-likeness (QED) is 0.541. The molecule has 6 nitrogen and oxygen atoms in total. The maximum Gasteiger partial charge on any atom is 0.260 e. The number of halogens is 2. The van der Waals surface area contributed by atoms with Crippen LogP contribution in [0.5, 0.6) is 11.6 Å². The second-order valence-corrected chi connectivity index (χ2v) is 8.79. The lowest BCUT2D eigenvalue weighted by Crippen LogP contribution is -2.38. The van der Waals surface area contributed by atoms with E-state index < -0.39 is 23.1 Å². The van der Waals surface area contributed by atoms with Crippen molar-refractivity contribution in [3.63, 3.8) is 0 Å². The maximum absolute atomic E-state index is 14.3. The number of aryl methyl sites for hydroxylation is 1. The highest BCUT2D eigenvalue weighted by atomic mass is 19.1. The summed E-state index contributed by atoms with van der Waals surface area (Å²) in [5.41, 5.74) is 1.97. The minimum Gasteiger partial charge on any atom is -0.438 e. The summed E-state index contributed by atoms with van der Waals surface area (Å²) in [5.74, 6) is -0.798. The number of amides is 1. The first-order chi connectivity index (χ1) is 16.5. The van der Waals surface area contributed by atoms with E-state index in [0.717, 1.165) is 49.3 Å². The lowest BCUT2D eigenvalue weighted by molar-refractivity contribution is 0.0722. The first kappa shape index (κ1) is 22.3. The van der Waals surface area contributed by atoms with E-state index in [2.05, 4.69) is 4.90 Å². The summed E-state index contributed by atoms with van der Waals surface area (Å²) in [6, 6.07) is 11.1. The van der Waals surface area contributed by atoms with Crippen LogP contribution >= 0.6 is 0 Å². The van der Waals surface area contributed by atoms with Crippen molar-refractivity contribution in [2.45, 2.75) is 39.2 Å². The summed E-state index contributed by atoms with van der Waals surface area (Å²) >= 11 is 0. The van der Waals surface area contributed by atoms with Gasteiger partial charge in [-0.15, -0.1) is 0 Å². The summed E-state index contributed by atoms with van der Waals surface area (Å²) in [4.78, 5) is 26.2. The molecule has 1 aromatic heterocycles. The van der Waals surface area contributed by atoms with Crippen LogP contribution in [0.2, 0.25) is 0 Å². The highest BCUT2D eigenvalue weighted by Gasteiger charge is 2.31. The van der Waals surface area contributed by atoms with Crippen LogP contribution in [0.4, 0.5) is 14.7 Å². The third kappa shape index (κ3) is 4.44. The molecule has 3 heterocycles. The summed E-state index contributed by atoms with van der Waals surface area (Å²) in [7, 11) is 0. The van der Waals surface area contributed by atoms with E-state index in [9.17, 15) is 13.6 Å². The van der Waals surface area contributed by atoms with Crippen molar-refractivity contribution in [1.82, 2.24) is 14.9 Å². The molecular weight excluding hydrogens is 438 g/mol. The first-order valence-electron chi connectivity index (χ1n) is 11.6. The van der Waals surface area contributed by atoms with Crippen molar-refractivity contribution in [3.05, 3.63) is 76.5 Å². The largest absolute Gasteiger partial charge is 0.438 e. The number of carbonyl (C=O) groups excluding carboxylic acids is 1. The number of aromatic nitrogens is 2. The van der Waals surface area contributed by atoms with Gasteiger partial charge in [-0.2, -0.15) is 4.98 Å². The number of piperidine rings is 1. The smallest absolute Gasteiger partial charge is 0.260 e.